The molecule has 0 aliphatic carbocycles. The molecule has 0 spiro atoms. The molecule has 0 aromatic carbocycles. The van der Waals surface area contributed by atoms with Gasteiger partial charge in [0.25, 0.3) is 5.91 Å². The topological polar surface area (TPSA) is 43.8 Å². The molecule has 0 bridgehead atoms. The van der Waals surface area contributed by atoms with Crippen molar-refractivity contribution in [3.63, 3.8) is 0 Å². The highest BCUT2D eigenvalue weighted by Gasteiger charge is 2.23. The van der Waals surface area contributed by atoms with Gasteiger partial charge >= 0.3 is 0 Å². The maximum absolute atomic E-state index is 12.3. The van der Waals surface area contributed by atoms with E-state index in [2.05, 4.69) is 20.8 Å². The predicted molar refractivity (Wildman–Crippen MR) is 76.2 cm³/mol. The van der Waals surface area contributed by atoms with Gasteiger partial charge in [-0.05, 0) is 34.5 Å². The fourth-order valence-corrected chi connectivity index (χ4v) is 3.54. The number of carbonyl (C=O) groups is 1. The Morgan fingerprint density at radius 2 is 2.11 bits per heavy atom. The summed E-state index contributed by atoms with van der Waals surface area (Å²) in [6.07, 6.45) is 0. The van der Waals surface area contributed by atoms with Crippen molar-refractivity contribution in [2.45, 2.75) is 6.92 Å². The van der Waals surface area contributed by atoms with Crippen LogP contribution in [0.5, 0.6) is 0 Å². The first-order valence-corrected chi connectivity index (χ1v) is 7.61. The standard InChI is InChI=1S/C12H17BrN2O2S/c1-9-8-10(18-11(9)13)12(17)15-4-2-14(3-5-15)6-7-16/h8,16H,2-7H2,1H3. The van der Waals surface area contributed by atoms with Gasteiger partial charge in [-0.3, -0.25) is 9.69 Å². The van der Waals surface area contributed by atoms with E-state index in [1.165, 1.54) is 11.3 Å². The van der Waals surface area contributed by atoms with E-state index in [0.717, 1.165) is 40.4 Å². The average molecular weight is 333 g/mol. The third-order valence-electron chi connectivity index (χ3n) is 3.14. The second kappa shape index (κ2) is 6.14. The van der Waals surface area contributed by atoms with E-state index in [-0.39, 0.29) is 12.5 Å². The van der Waals surface area contributed by atoms with E-state index < -0.39 is 0 Å². The lowest BCUT2D eigenvalue weighted by Crippen LogP contribution is -2.49. The molecule has 1 aromatic rings. The van der Waals surface area contributed by atoms with Crippen molar-refractivity contribution in [1.29, 1.82) is 0 Å². The third kappa shape index (κ3) is 3.12. The maximum atomic E-state index is 12.3. The van der Waals surface area contributed by atoms with Crippen LogP contribution in [0.15, 0.2) is 9.85 Å². The molecule has 2 heterocycles. The SMILES string of the molecule is Cc1cc(C(=O)N2CCN(CCO)CC2)sc1Br. The van der Waals surface area contributed by atoms with E-state index >= 15 is 0 Å². The normalized spacial score (nSPS) is 17.2. The number of amides is 1. The molecule has 1 amide bonds. The van der Waals surface area contributed by atoms with Crippen molar-refractivity contribution in [1.82, 2.24) is 9.80 Å². The molecule has 1 fully saturated rings. The number of piperazine rings is 1. The van der Waals surface area contributed by atoms with Crippen molar-refractivity contribution in [2.24, 2.45) is 0 Å². The molecule has 0 unspecified atom stereocenters. The lowest BCUT2D eigenvalue weighted by atomic mass is 10.2. The molecule has 1 aromatic heterocycles. The van der Waals surface area contributed by atoms with Crippen LogP contribution in [-0.2, 0) is 0 Å². The fraction of sp³-hybridized carbons (Fsp3) is 0.583. The number of aliphatic hydroxyl groups excluding tert-OH is 1. The molecular weight excluding hydrogens is 316 g/mol. The smallest absolute Gasteiger partial charge is 0.264 e. The number of β-amino-alcohol motifs (C(OH)–C–C–N with tert-alkyl or cyclic N) is 1. The van der Waals surface area contributed by atoms with Crippen LogP contribution in [0.25, 0.3) is 0 Å². The zero-order chi connectivity index (χ0) is 13.1. The molecule has 100 valence electrons. The van der Waals surface area contributed by atoms with Gasteiger partial charge in [-0.1, -0.05) is 0 Å². The summed E-state index contributed by atoms with van der Waals surface area (Å²) >= 11 is 4.95. The molecule has 0 radical (unpaired) electrons. The number of aryl methyl sites for hydroxylation is 1. The first-order valence-electron chi connectivity index (χ1n) is 6.00. The summed E-state index contributed by atoms with van der Waals surface area (Å²) in [6.45, 7) is 6.06. The number of carbonyl (C=O) groups excluding carboxylic acids is 1. The molecule has 4 nitrogen and oxygen atoms in total. The fourth-order valence-electron chi connectivity index (χ4n) is 2.04. The largest absolute Gasteiger partial charge is 0.395 e. The molecule has 2 rings (SSSR count). The number of nitrogens with zero attached hydrogens (tertiary/aromatic N) is 2. The van der Waals surface area contributed by atoms with Crippen molar-refractivity contribution >= 4 is 33.2 Å². The molecule has 1 saturated heterocycles. The number of hydrogen-bond donors (Lipinski definition) is 1. The van der Waals surface area contributed by atoms with Gasteiger partial charge in [0, 0.05) is 32.7 Å². The van der Waals surface area contributed by atoms with E-state index in [1.54, 1.807) is 0 Å². The Balaban J connectivity index is 1.95. The minimum atomic E-state index is 0.123. The number of rotatable bonds is 3. The van der Waals surface area contributed by atoms with Gasteiger partial charge in [0.2, 0.25) is 0 Å². The van der Waals surface area contributed by atoms with Crippen LogP contribution >= 0.6 is 27.3 Å². The van der Waals surface area contributed by atoms with E-state index in [0.29, 0.717) is 6.54 Å². The highest BCUT2D eigenvalue weighted by molar-refractivity contribution is 9.11. The van der Waals surface area contributed by atoms with Crippen LogP contribution in [0.1, 0.15) is 15.2 Å². The van der Waals surface area contributed by atoms with Crippen LogP contribution in [-0.4, -0.2) is 60.1 Å². The second-order valence-electron chi connectivity index (χ2n) is 4.42. The Labute approximate surface area is 119 Å². The zero-order valence-corrected chi connectivity index (χ0v) is 12.8. The van der Waals surface area contributed by atoms with Gasteiger partial charge in [0.1, 0.15) is 0 Å². The number of hydrogen-bond acceptors (Lipinski definition) is 4. The predicted octanol–water partition coefficient (Wildman–Crippen LogP) is 1.57. The average Bonchev–Trinajstić information content (AvgIpc) is 2.70. The monoisotopic (exact) mass is 332 g/mol. The quantitative estimate of drug-likeness (QED) is 0.913. The summed E-state index contributed by atoms with van der Waals surface area (Å²) in [5, 5.41) is 8.88. The van der Waals surface area contributed by atoms with Crippen LogP contribution in [0, 0.1) is 6.92 Å². The lowest BCUT2D eigenvalue weighted by Gasteiger charge is -2.34. The summed E-state index contributed by atoms with van der Waals surface area (Å²) in [7, 11) is 0. The molecule has 6 heteroatoms. The maximum Gasteiger partial charge on any atom is 0.264 e. The van der Waals surface area contributed by atoms with Gasteiger partial charge in [0.05, 0.1) is 15.3 Å². The van der Waals surface area contributed by atoms with Crippen molar-refractivity contribution in [3.05, 3.63) is 20.3 Å². The van der Waals surface area contributed by atoms with Gasteiger partial charge in [-0.15, -0.1) is 11.3 Å². The highest BCUT2D eigenvalue weighted by atomic mass is 79.9. The summed E-state index contributed by atoms with van der Waals surface area (Å²) in [4.78, 5) is 17.2. The Morgan fingerprint density at radius 1 is 1.44 bits per heavy atom. The Morgan fingerprint density at radius 3 is 2.61 bits per heavy atom. The van der Waals surface area contributed by atoms with Crippen LogP contribution in [0.3, 0.4) is 0 Å². The highest BCUT2D eigenvalue weighted by Crippen LogP contribution is 2.28. The number of aliphatic hydroxyl groups is 1. The number of halogens is 1. The zero-order valence-electron chi connectivity index (χ0n) is 10.4. The Kier molecular flexibility index (Phi) is 4.77. The van der Waals surface area contributed by atoms with Crippen molar-refractivity contribution in [2.75, 3.05) is 39.3 Å². The molecule has 0 saturated carbocycles. The molecule has 1 aliphatic rings. The number of thiophene rings is 1. The van der Waals surface area contributed by atoms with Gasteiger partial charge in [-0.2, -0.15) is 0 Å². The minimum absolute atomic E-state index is 0.123. The summed E-state index contributed by atoms with van der Waals surface area (Å²) in [5.41, 5.74) is 1.11. The third-order valence-corrected chi connectivity index (χ3v) is 5.27. The Hall–Kier alpha value is -0.430. The van der Waals surface area contributed by atoms with Crippen LogP contribution in [0.4, 0.5) is 0 Å². The van der Waals surface area contributed by atoms with E-state index in [1.807, 2.05) is 17.9 Å². The summed E-state index contributed by atoms with van der Waals surface area (Å²) in [6, 6.07) is 1.94. The minimum Gasteiger partial charge on any atom is -0.395 e. The van der Waals surface area contributed by atoms with E-state index in [4.69, 9.17) is 5.11 Å². The van der Waals surface area contributed by atoms with Gasteiger partial charge < -0.3 is 10.0 Å². The van der Waals surface area contributed by atoms with E-state index in [9.17, 15) is 4.79 Å². The first-order chi connectivity index (χ1) is 8.61. The van der Waals surface area contributed by atoms with Crippen molar-refractivity contribution in [3.8, 4) is 0 Å². The molecule has 1 N–H and O–H groups in total. The molecular formula is C12H17BrN2O2S. The summed E-state index contributed by atoms with van der Waals surface area (Å²) < 4.78 is 1.03. The Bertz CT molecular complexity index is 408. The van der Waals surface area contributed by atoms with Crippen molar-refractivity contribution < 1.29 is 9.90 Å². The van der Waals surface area contributed by atoms with Gasteiger partial charge in [0.15, 0.2) is 0 Å². The first kappa shape index (κ1) is 14.0. The lowest BCUT2D eigenvalue weighted by molar-refractivity contribution is 0.0619. The summed E-state index contributed by atoms with van der Waals surface area (Å²) in [5.74, 6) is 0.123. The van der Waals surface area contributed by atoms with Gasteiger partial charge in [-0.25, -0.2) is 0 Å². The van der Waals surface area contributed by atoms with Crippen LogP contribution in [0.2, 0.25) is 0 Å². The molecule has 18 heavy (non-hydrogen) atoms. The second-order valence-corrected chi connectivity index (χ2v) is 6.79. The van der Waals surface area contributed by atoms with Crippen LogP contribution < -0.4 is 0 Å². The molecule has 0 atom stereocenters. The molecule has 1 aliphatic heterocycles.